The Morgan fingerprint density at radius 2 is 1.52 bits per heavy atom. The van der Waals surface area contributed by atoms with E-state index in [-0.39, 0.29) is 24.8 Å². The number of piperazine rings is 1. The van der Waals surface area contributed by atoms with Gasteiger partial charge in [-0.15, -0.1) is 24.8 Å². The summed E-state index contributed by atoms with van der Waals surface area (Å²) in [6.07, 6.45) is 3.84. The Labute approximate surface area is 177 Å². The Hall–Kier alpha value is -0.810. The van der Waals surface area contributed by atoms with Gasteiger partial charge in [0.25, 0.3) is 0 Å². The molecule has 1 aromatic carbocycles. The Morgan fingerprint density at radius 3 is 2.07 bits per heavy atom. The van der Waals surface area contributed by atoms with Crippen LogP contribution in [0.2, 0.25) is 0 Å². The number of rotatable bonds is 6. The fourth-order valence-electron chi connectivity index (χ4n) is 4.10. The molecule has 0 aromatic heterocycles. The number of ketones is 1. The van der Waals surface area contributed by atoms with E-state index < -0.39 is 0 Å². The molecule has 2 aliphatic rings. The van der Waals surface area contributed by atoms with E-state index in [1.807, 2.05) is 0 Å². The Bertz CT molecular complexity index is 551. The molecule has 0 radical (unpaired) electrons. The van der Waals surface area contributed by atoms with E-state index in [0.717, 1.165) is 32.1 Å². The minimum atomic E-state index is 0. The van der Waals surface area contributed by atoms with Gasteiger partial charge in [0.2, 0.25) is 0 Å². The molecule has 1 aromatic rings. The third-order valence-electron chi connectivity index (χ3n) is 5.78. The third kappa shape index (κ3) is 7.61. The third-order valence-corrected chi connectivity index (χ3v) is 5.78. The molecule has 0 spiro atoms. The minimum absolute atomic E-state index is 0. The van der Waals surface area contributed by atoms with Crippen LogP contribution in [-0.2, 0) is 4.79 Å². The monoisotopic (exact) mass is 415 g/mol. The topological polar surface area (TPSA) is 26.8 Å². The summed E-state index contributed by atoms with van der Waals surface area (Å²) in [5.41, 5.74) is 2.69. The van der Waals surface area contributed by atoms with Crippen molar-refractivity contribution in [1.29, 1.82) is 0 Å². The van der Waals surface area contributed by atoms with Crippen molar-refractivity contribution in [3.8, 4) is 0 Å². The second-order valence-electron chi connectivity index (χ2n) is 7.87. The zero-order valence-electron chi connectivity index (χ0n) is 16.7. The van der Waals surface area contributed by atoms with Gasteiger partial charge >= 0.3 is 0 Å². The summed E-state index contributed by atoms with van der Waals surface area (Å²) in [7, 11) is 0. The average molecular weight is 416 g/mol. The van der Waals surface area contributed by atoms with Gasteiger partial charge < -0.3 is 4.90 Å². The minimum Gasteiger partial charge on any atom is -0.369 e. The van der Waals surface area contributed by atoms with Crippen molar-refractivity contribution in [2.75, 3.05) is 57.3 Å². The highest BCUT2D eigenvalue weighted by atomic mass is 35.5. The Balaban J connectivity index is 0.00000182. The first-order valence-electron chi connectivity index (χ1n) is 9.86. The molecule has 0 unspecified atom stereocenters. The summed E-state index contributed by atoms with van der Waals surface area (Å²) in [5, 5.41) is 0. The number of hydrogen-bond acceptors (Lipinski definition) is 4. The maximum absolute atomic E-state index is 11.2. The number of benzene rings is 1. The first-order valence-corrected chi connectivity index (χ1v) is 9.86. The smallest absolute Gasteiger partial charge is 0.143 e. The highest BCUT2D eigenvalue weighted by Gasteiger charge is 2.22. The number of nitrogens with zero attached hydrogens (tertiary/aromatic N) is 3. The lowest BCUT2D eigenvalue weighted by Gasteiger charge is -2.37. The van der Waals surface area contributed by atoms with E-state index in [4.69, 9.17) is 0 Å². The number of piperidine rings is 1. The van der Waals surface area contributed by atoms with Gasteiger partial charge in [-0.25, -0.2) is 0 Å². The lowest BCUT2D eigenvalue weighted by Crippen LogP contribution is -2.47. The molecule has 6 heteroatoms. The molecule has 0 N–H and O–H groups in total. The first-order chi connectivity index (χ1) is 12.1. The second-order valence-corrected chi connectivity index (χ2v) is 7.87. The summed E-state index contributed by atoms with van der Waals surface area (Å²) >= 11 is 0. The molecule has 0 amide bonds. The van der Waals surface area contributed by atoms with Crippen molar-refractivity contribution < 1.29 is 4.79 Å². The SMILES string of the molecule is CC(=O)CN1CCC(CCN2CCN(c3ccc(C)cc3)CC2)CC1.Cl.Cl. The largest absolute Gasteiger partial charge is 0.369 e. The predicted octanol–water partition coefficient (Wildman–Crippen LogP) is 3.65. The van der Waals surface area contributed by atoms with Crippen LogP contribution >= 0.6 is 24.8 Å². The molecule has 27 heavy (non-hydrogen) atoms. The van der Waals surface area contributed by atoms with E-state index in [0.29, 0.717) is 12.3 Å². The van der Waals surface area contributed by atoms with Crippen molar-refractivity contribution in [2.24, 2.45) is 5.92 Å². The van der Waals surface area contributed by atoms with Crippen LogP contribution in [0.3, 0.4) is 0 Å². The zero-order chi connectivity index (χ0) is 17.6. The van der Waals surface area contributed by atoms with Crippen molar-refractivity contribution in [1.82, 2.24) is 9.80 Å². The Morgan fingerprint density at radius 1 is 0.926 bits per heavy atom. The quantitative estimate of drug-likeness (QED) is 0.708. The highest BCUT2D eigenvalue weighted by Crippen LogP contribution is 2.22. The first kappa shape index (κ1) is 24.2. The summed E-state index contributed by atoms with van der Waals surface area (Å²) in [6, 6.07) is 8.92. The summed E-state index contributed by atoms with van der Waals surface area (Å²) in [4.78, 5) is 18.7. The van der Waals surface area contributed by atoms with E-state index in [1.165, 1.54) is 50.1 Å². The fraction of sp³-hybridized carbons (Fsp3) is 0.667. The summed E-state index contributed by atoms with van der Waals surface area (Å²) in [5.74, 6) is 1.14. The van der Waals surface area contributed by atoms with Crippen LogP contribution < -0.4 is 4.90 Å². The molecule has 2 aliphatic heterocycles. The van der Waals surface area contributed by atoms with Gasteiger partial charge in [-0.2, -0.15) is 0 Å². The molecule has 0 saturated carbocycles. The van der Waals surface area contributed by atoms with Gasteiger partial charge in [0, 0.05) is 31.9 Å². The predicted molar refractivity (Wildman–Crippen MR) is 119 cm³/mol. The van der Waals surface area contributed by atoms with Crippen LogP contribution in [0, 0.1) is 12.8 Å². The van der Waals surface area contributed by atoms with Crippen molar-refractivity contribution >= 4 is 36.3 Å². The number of carbonyl (C=O) groups is 1. The molecule has 2 fully saturated rings. The lowest BCUT2D eigenvalue weighted by molar-refractivity contribution is -0.118. The normalized spacial score (nSPS) is 19.3. The molecular formula is C21H35Cl2N3O. The number of hydrogen-bond donors (Lipinski definition) is 0. The van der Waals surface area contributed by atoms with Gasteiger partial charge in [-0.3, -0.25) is 14.6 Å². The fourth-order valence-corrected chi connectivity index (χ4v) is 4.10. The number of anilines is 1. The molecule has 0 bridgehead atoms. The molecule has 154 valence electrons. The van der Waals surface area contributed by atoms with E-state index in [9.17, 15) is 4.79 Å². The lowest BCUT2D eigenvalue weighted by atomic mass is 9.93. The summed E-state index contributed by atoms with van der Waals surface area (Å²) in [6.45, 7) is 12.6. The van der Waals surface area contributed by atoms with Crippen LogP contribution in [0.5, 0.6) is 0 Å². The Kier molecular flexibility index (Phi) is 10.7. The highest BCUT2D eigenvalue weighted by molar-refractivity contribution is 5.85. The molecular weight excluding hydrogens is 381 g/mol. The number of Topliss-reactive ketones (excluding diaryl/α,β-unsaturated/α-hetero) is 1. The van der Waals surface area contributed by atoms with Gasteiger partial charge in [-0.1, -0.05) is 17.7 Å². The van der Waals surface area contributed by atoms with E-state index in [1.54, 1.807) is 6.92 Å². The molecule has 2 saturated heterocycles. The maximum atomic E-state index is 11.2. The van der Waals surface area contributed by atoms with Crippen molar-refractivity contribution in [2.45, 2.75) is 33.1 Å². The van der Waals surface area contributed by atoms with Crippen LogP contribution in [0.25, 0.3) is 0 Å². The van der Waals surface area contributed by atoms with Crippen LogP contribution in [0.15, 0.2) is 24.3 Å². The maximum Gasteiger partial charge on any atom is 0.143 e. The van der Waals surface area contributed by atoms with E-state index in [2.05, 4.69) is 45.9 Å². The van der Waals surface area contributed by atoms with E-state index >= 15 is 0 Å². The second kappa shape index (κ2) is 11.9. The van der Waals surface area contributed by atoms with Crippen LogP contribution in [-0.4, -0.2) is 67.9 Å². The molecule has 0 aliphatic carbocycles. The molecule has 2 heterocycles. The standard InChI is InChI=1S/C21H33N3O.2ClH/c1-18-3-5-21(6-4-18)24-15-13-22(14-16-24)10-7-20-8-11-23(12-9-20)17-19(2)25;;/h3-6,20H,7-17H2,1-2H3;2*1H. The van der Waals surface area contributed by atoms with Crippen LogP contribution in [0.4, 0.5) is 5.69 Å². The number of likely N-dealkylation sites (tertiary alicyclic amines) is 1. The molecule has 3 rings (SSSR count). The number of halogens is 2. The number of carbonyl (C=O) groups excluding carboxylic acids is 1. The van der Waals surface area contributed by atoms with Gasteiger partial charge in [0.1, 0.15) is 5.78 Å². The van der Waals surface area contributed by atoms with Gasteiger partial charge in [-0.05, 0) is 70.8 Å². The molecule has 0 atom stereocenters. The van der Waals surface area contributed by atoms with Crippen molar-refractivity contribution in [3.05, 3.63) is 29.8 Å². The van der Waals surface area contributed by atoms with Gasteiger partial charge in [0.05, 0.1) is 6.54 Å². The summed E-state index contributed by atoms with van der Waals surface area (Å²) < 4.78 is 0. The zero-order valence-corrected chi connectivity index (χ0v) is 18.4. The average Bonchev–Trinajstić information content (AvgIpc) is 2.62. The number of aryl methyl sites for hydroxylation is 1. The molecule has 4 nitrogen and oxygen atoms in total. The van der Waals surface area contributed by atoms with Crippen molar-refractivity contribution in [3.63, 3.8) is 0 Å². The van der Waals surface area contributed by atoms with Crippen LogP contribution in [0.1, 0.15) is 31.7 Å². The van der Waals surface area contributed by atoms with Gasteiger partial charge in [0.15, 0.2) is 0 Å².